The highest BCUT2D eigenvalue weighted by Gasteiger charge is 2.08. The molecule has 0 aliphatic rings. The van der Waals surface area contributed by atoms with Gasteiger partial charge in [0.05, 0.1) is 5.56 Å². The van der Waals surface area contributed by atoms with Gasteiger partial charge in [0.1, 0.15) is 5.75 Å². The molecule has 0 heterocycles. The molecule has 0 spiro atoms. The zero-order valence-electron chi connectivity index (χ0n) is 15.2. The molecule has 2 rings (SSSR count). The fourth-order valence-corrected chi connectivity index (χ4v) is 2.77. The van der Waals surface area contributed by atoms with Gasteiger partial charge in [-0.15, -0.1) is 6.58 Å². The molecule has 2 nitrogen and oxygen atoms in total. The van der Waals surface area contributed by atoms with Gasteiger partial charge in [0.15, 0.2) is 0 Å². The Morgan fingerprint density at radius 1 is 0.920 bits per heavy atom. The van der Waals surface area contributed by atoms with Gasteiger partial charge in [-0.25, -0.2) is 4.79 Å². The van der Waals surface area contributed by atoms with E-state index in [0.717, 1.165) is 18.4 Å². The zero-order chi connectivity index (χ0) is 17.9. The van der Waals surface area contributed by atoms with Crippen LogP contribution in [0.4, 0.5) is 0 Å². The summed E-state index contributed by atoms with van der Waals surface area (Å²) in [7, 11) is 0. The molecule has 0 aromatic heterocycles. The molecular weight excluding hydrogens is 308 g/mol. The molecule has 0 saturated carbocycles. The van der Waals surface area contributed by atoms with Gasteiger partial charge in [-0.2, -0.15) is 0 Å². The molecular formula is C23H28O2. The Kier molecular flexibility index (Phi) is 7.97. The maximum Gasteiger partial charge on any atom is 0.343 e. The standard InChI is InChI=1S/C23H28O2/c1-3-5-6-7-8-10-20-13-17-22(18-14-20)25-23(24)21-15-11-19(9-4-2)12-16-21/h4,11-18H,2-3,5-10H2,1H3. The van der Waals surface area contributed by atoms with Crippen LogP contribution in [0.25, 0.3) is 0 Å². The lowest BCUT2D eigenvalue weighted by Gasteiger charge is -2.07. The van der Waals surface area contributed by atoms with Gasteiger partial charge >= 0.3 is 5.97 Å². The first kappa shape index (κ1) is 19.0. The number of unbranched alkanes of at least 4 members (excludes halogenated alkanes) is 4. The molecule has 0 fully saturated rings. The molecule has 0 bridgehead atoms. The predicted molar refractivity (Wildman–Crippen MR) is 104 cm³/mol. The van der Waals surface area contributed by atoms with E-state index in [2.05, 4.69) is 25.6 Å². The van der Waals surface area contributed by atoms with Crippen LogP contribution in [0.1, 0.15) is 60.5 Å². The Hall–Kier alpha value is -2.35. The Labute approximate surface area is 151 Å². The highest BCUT2D eigenvalue weighted by Crippen LogP contribution is 2.17. The minimum absolute atomic E-state index is 0.322. The third kappa shape index (κ3) is 6.58. The lowest BCUT2D eigenvalue weighted by Crippen LogP contribution is -2.08. The highest BCUT2D eigenvalue weighted by atomic mass is 16.5. The second-order valence-electron chi connectivity index (χ2n) is 6.39. The Balaban J connectivity index is 1.83. The van der Waals surface area contributed by atoms with E-state index >= 15 is 0 Å². The van der Waals surface area contributed by atoms with Crippen LogP contribution in [0.2, 0.25) is 0 Å². The number of benzene rings is 2. The van der Waals surface area contributed by atoms with Gasteiger partial charge in [-0.05, 0) is 54.7 Å². The van der Waals surface area contributed by atoms with Gasteiger partial charge in [0, 0.05) is 0 Å². The summed E-state index contributed by atoms with van der Waals surface area (Å²) < 4.78 is 5.45. The smallest absolute Gasteiger partial charge is 0.343 e. The molecule has 132 valence electrons. The molecule has 2 aromatic rings. The summed E-state index contributed by atoms with van der Waals surface area (Å²) in [4.78, 5) is 12.2. The zero-order valence-corrected chi connectivity index (χ0v) is 15.2. The minimum Gasteiger partial charge on any atom is -0.423 e. The molecule has 0 aliphatic carbocycles. The summed E-state index contributed by atoms with van der Waals surface area (Å²) >= 11 is 0. The van der Waals surface area contributed by atoms with Crippen LogP contribution in [0, 0.1) is 0 Å². The average molecular weight is 336 g/mol. The van der Waals surface area contributed by atoms with E-state index < -0.39 is 0 Å². The van der Waals surface area contributed by atoms with Crippen molar-refractivity contribution >= 4 is 5.97 Å². The number of rotatable bonds is 10. The van der Waals surface area contributed by atoms with E-state index in [1.165, 1.54) is 37.7 Å². The molecule has 0 amide bonds. The van der Waals surface area contributed by atoms with Crippen molar-refractivity contribution in [2.45, 2.75) is 51.9 Å². The second-order valence-corrected chi connectivity index (χ2v) is 6.39. The van der Waals surface area contributed by atoms with Crippen LogP contribution >= 0.6 is 0 Å². The van der Waals surface area contributed by atoms with Crippen LogP contribution in [-0.4, -0.2) is 5.97 Å². The molecule has 0 aliphatic heterocycles. The summed E-state index contributed by atoms with van der Waals surface area (Å²) in [5.74, 6) is 0.271. The third-order valence-electron chi connectivity index (χ3n) is 4.27. The molecule has 2 heteroatoms. The van der Waals surface area contributed by atoms with E-state index in [4.69, 9.17) is 4.74 Å². The normalized spacial score (nSPS) is 10.4. The van der Waals surface area contributed by atoms with Gasteiger partial charge in [0.25, 0.3) is 0 Å². The number of carbonyl (C=O) groups excluding carboxylic acids is 1. The number of hydrogen-bond acceptors (Lipinski definition) is 2. The summed E-state index contributed by atoms with van der Waals surface area (Å²) in [6.07, 6.45) is 10.2. The Bertz CT molecular complexity index is 653. The topological polar surface area (TPSA) is 26.3 Å². The van der Waals surface area contributed by atoms with Crippen LogP contribution in [0.5, 0.6) is 5.75 Å². The van der Waals surface area contributed by atoms with E-state index in [1.54, 1.807) is 12.1 Å². The Morgan fingerprint density at radius 3 is 2.20 bits per heavy atom. The summed E-state index contributed by atoms with van der Waals surface area (Å²) in [6.45, 7) is 5.95. The first-order valence-electron chi connectivity index (χ1n) is 9.24. The fraction of sp³-hybridized carbons (Fsp3) is 0.348. The maximum absolute atomic E-state index is 12.2. The second kappa shape index (κ2) is 10.5. The maximum atomic E-state index is 12.2. The van der Waals surface area contributed by atoms with E-state index in [1.807, 2.05) is 30.3 Å². The van der Waals surface area contributed by atoms with Crippen molar-refractivity contribution in [1.29, 1.82) is 0 Å². The molecule has 0 unspecified atom stereocenters. The largest absolute Gasteiger partial charge is 0.423 e. The van der Waals surface area contributed by atoms with Gasteiger partial charge < -0.3 is 4.74 Å². The molecule has 0 atom stereocenters. The van der Waals surface area contributed by atoms with Crippen LogP contribution in [-0.2, 0) is 12.8 Å². The van der Waals surface area contributed by atoms with Gasteiger partial charge in [-0.1, -0.05) is 62.9 Å². The average Bonchev–Trinajstić information content (AvgIpc) is 2.64. The van der Waals surface area contributed by atoms with Crippen molar-refractivity contribution in [2.24, 2.45) is 0 Å². The van der Waals surface area contributed by atoms with Crippen molar-refractivity contribution in [2.75, 3.05) is 0 Å². The van der Waals surface area contributed by atoms with E-state index in [0.29, 0.717) is 11.3 Å². The minimum atomic E-state index is -0.322. The SMILES string of the molecule is C=CCc1ccc(C(=O)Oc2ccc(CCCCCCC)cc2)cc1. The van der Waals surface area contributed by atoms with Crippen molar-refractivity contribution in [3.8, 4) is 5.75 Å². The molecule has 0 N–H and O–H groups in total. The van der Waals surface area contributed by atoms with Crippen molar-refractivity contribution < 1.29 is 9.53 Å². The summed E-state index contributed by atoms with van der Waals surface area (Å²) in [6, 6.07) is 15.3. The lowest BCUT2D eigenvalue weighted by molar-refractivity contribution is 0.0734. The van der Waals surface area contributed by atoms with E-state index in [9.17, 15) is 4.79 Å². The first-order valence-corrected chi connectivity index (χ1v) is 9.24. The molecule has 0 saturated heterocycles. The van der Waals surface area contributed by atoms with E-state index in [-0.39, 0.29) is 5.97 Å². The molecule has 25 heavy (non-hydrogen) atoms. The first-order chi connectivity index (χ1) is 12.2. The molecule has 0 radical (unpaired) electrons. The highest BCUT2D eigenvalue weighted by molar-refractivity contribution is 5.91. The number of esters is 1. The number of carbonyl (C=O) groups is 1. The van der Waals surface area contributed by atoms with Crippen molar-refractivity contribution in [3.05, 3.63) is 77.9 Å². The fourth-order valence-electron chi connectivity index (χ4n) is 2.77. The van der Waals surface area contributed by atoms with Crippen molar-refractivity contribution in [3.63, 3.8) is 0 Å². The third-order valence-corrected chi connectivity index (χ3v) is 4.27. The number of ether oxygens (including phenoxy) is 1. The quantitative estimate of drug-likeness (QED) is 0.225. The molecule has 2 aromatic carbocycles. The van der Waals surface area contributed by atoms with Crippen LogP contribution < -0.4 is 4.74 Å². The monoisotopic (exact) mass is 336 g/mol. The summed E-state index contributed by atoms with van der Waals surface area (Å²) in [5, 5.41) is 0. The Morgan fingerprint density at radius 2 is 1.56 bits per heavy atom. The lowest BCUT2D eigenvalue weighted by atomic mass is 10.1. The van der Waals surface area contributed by atoms with Gasteiger partial charge in [-0.3, -0.25) is 0 Å². The van der Waals surface area contributed by atoms with Crippen LogP contribution in [0.15, 0.2) is 61.2 Å². The van der Waals surface area contributed by atoms with Crippen LogP contribution in [0.3, 0.4) is 0 Å². The summed E-state index contributed by atoms with van der Waals surface area (Å²) in [5.41, 5.74) is 2.99. The number of allylic oxidation sites excluding steroid dienone is 1. The number of hydrogen-bond donors (Lipinski definition) is 0. The van der Waals surface area contributed by atoms with Gasteiger partial charge in [0.2, 0.25) is 0 Å². The number of aryl methyl sites for hydroxylation is 1. The predicted octanol–water partition coefficient (Wildman–Crippen LogP) is 6.15. The van der Waals surface area contributed by atoms with Crippen molar-refractivity contribution in [1.82, 2.24) is 0 Å².